The van der Waals surface area contributed by atoms with Crippen LogP contribution in [-0.2, 0) is 9.53 Å². The van der Waals surface area contributed by atoms with E-state index >= 15 is 0 Å². The van der Waals surface area contributed by atoms with Crippen molar-refractivity contribution in [1.29, 1.82) is 0 Å². The fourth-order valence-electron chi connectivity index (χ4n) is 3.77. The number of ether oxygens (including phenoxy) is 1. The first-order valence-electron chi connectivity index (χ1n) is 10.5. The van der Waals surface area contributed by atoms with Crippen molar-refractivity contribution in [3.8, 4) is 5.69 Å². The molecule has 0 saturated heterocycles. The number of benzene rings is 2. The number of anilines is 1. The molecule has 9 nitrogen and oxygen atoms in total. The number of amides is 3. The smallest absolute Gasteiger partial charge is 0.322 e. The Morgan fingerprint density at radius 1 is 1.14 bits per heavy atom. The lowest BCUT2D eigenvalue weighted by molar-refractivity contribution is -0.113. The second kappa shape index (κ2) is 9.97. The topological polar surface area (TPSA) is 101 Å². The van der Waals surface area contributed by atoms with E-state index in [1.165, 1.54) is 47.5 Å². The third-order valence-electron chi connectivity index (χ3n) is 5.51. The number of carbonyl (C=O) groups excluding carboxylic acids is 2. The fourth-order valence-corrected chi connectivity index (χ4v) is 3.77. The molecule has 1 atom stereocenters. The number of halogens is 3. The first-order valence-corrected chi connectivity index (χ1v) is 10.5. The lowest BCUT2D eigenvalue weighted by atomic mass is 9.93. The number of nitrogens with one attached hydrogen (secondary N) is 2. The van der Waals surface area contributed by atoms with Crippen LogP contribution in [0.1, 0.15) is 18.5 Å². The maximum atomic E-state index is 14.9. The molecule has 4 rings (SSSR count). The van der Waals surface area contributed by atoms with Gasteiger partial charge in [-0.3, -0.25) is 9.69 Å². The van der Waals surface area contributed by atoms with Gasteiger partial charge in [0, 0.05) is 24.6 Å². The third kappa shape index (κ3) is 4.87. The van der Waals surface area contributed by atoms with E-state index in [9.17, 15) is 22.8 Å². The Hall–Kier alpha value is -4.19. The predicted molar refractivity (Wildman–Crippen MR) is 119 cm³/mol. The highest BCUT2D eigenvalue weighted by Crippen LogP contribution is 2.32. The summed E-state index contributed by atoms with van der Waals surface area (Å²) in [6, 6.07) is 5.59. The predicted octanol–water partition coefficient (Wildman–Crippen LogP) is 3.31. The second-order valence-corrected chi connectivity index (χ2v) is 7.66. The number of aromatic nitrogens is 3. The highest BCUT2D eigenvalue weighted by atomic mass is 19.2. The van der Waals surface area contributed by atoms with Gasteiger partial charge in [-0.1, -0.05) is 6.07 Å². The van der Waals surface area contributed by atoms with Crippen molar-refractivity contribution in [3.05, 3.63) is 83.3 Å². The minimum absolute atomic E-state index is 0.0148. The Kier molecular flexibility index (Phi) is 6.82. The van der Waals surface area contributed by atoms with Gasteiger partial charge in [0.25, 0.3) is 5.91 Å². The standard InChI is InChI=1S/C23H21F3N6O3/c1-13-20(22(33)29-15-4-5-16(24)17(25)10-15)21(30-23(34)31(13)7-8-35-2)14-3-6-19(18(26)9-14)32-12-27-11-28-32/h3-6,9-12,21H,7-8H2,1-2H3,(H,29,33)(H,30,34)/t21-/m0/s1. The van der Waals surface area contributed by atoms with Gasteiger partial charge < -0.3 is 15.4 Å². The van der Waals surface area contributed by atoms with Gasteiger partial charge in [0.2, 0.25) is 0 Å². The van der Waals surface area contributed by atoms with Gasteiger partial charge in [-0.2, -0.15) is 5.10 Å². The highest BCUT2D eigenvalue weighted by molar-refractivity contribution is 6.06. The Morgan fingerprint density at radius 3 is 2.60 bits per heavy atom. The summed E-state index contributed by atoms with van der Waals surface area (Å²) in [4.78, 5) is 31.3. The van der Waals surface area contributed by atoms with E-state index in [0.717, 1.165) is 12.1 Å². The maximum Gasteiger partial charge on any atom is 0.322 e. The second-order valence-electron chi connectivity index (χ2n) is 7.66. The number of hydrogen-bond donors (Lipinski definition) is 2. The van der Waals surface area contributed by atoms with Crippen molar-refractivity contribution in [2.75, 3.05) is 25.6 Å². The summed E-state index contributed by atoms with van der Waals surface area (Å²) in [5.41, 5.74) is 0.834. The van der Waals surface area contributed by atoms with E-state index in [1.807, 2.05) is 0 Å². The molecule has 2 aromatic carbocycles. The maximum absolute atomic E-state index is 14.9. The van der Waals surface area contributed by atoms with Crippen LogP contribution in [-0.4, -0.2) is 51.9 Å². The molecular weight excluding hydrogens is 465 g/mol. The SMILES string of the molecule is COCCN1C(=O)N[C@@H](c2ccc(-n3cncn3)c(F)c2)C(C(=O)Nc2ccc(F)c(F)c2)=C1C. The molecule has 2 heterocycles. The van der Waals surface area contributed by atoms with E-state index in [0.29, 0.717) is 11.3 Å². The van der Waals surface area contributed by atoms with E-state index in [1.54, 1.807) is 13.0 Å². The molecule has 0 unspecified atom stereocenters. The highest BCUT2D eigenvalue weighted by Gasteiger charge is 2.36. The zero-order valence-electron chi connectivity index (χ0n) is 18.8. The lowest BCUT2D eigenvalue weighted by Gasteiger charge is -2.35. The van der Waals surface area contributed by atoms with Crippen LogP contribution in [0.2, 0.25) is 0 Å². The van der Waals surface area contributed by atoms with Crippen LogP contribution >= 0.6 is 0 Å². The van der Waals surface area contributed by atoms with E-state index in [2.05, 4.69) is 20.7 Å². The Morgan fingerprint density at radius 2 is 1.94 bits per heavy atom. The molecule has 3 amide bonds. The summed E-state index contributed by atoms with van der Waals surface area (Å²) in [6.45, 7) is 1.93. The lowest BCUT2D eigenvalue weighted by Crippen LogP contribution is -2.49. The van der Waals surface area contributed by atoms with Gasteiger partial charge in [-0.15, -0.1) is 0 Å². The molecule has 1 aliphatic heterocycles. The van der Waals surface area contributed by atoms with Crippen molar-refractivity contribution >= 4 is 17.6 Å². The number of allylic oxidation sites excluding steroid dienone is 1. The molecule has 0 saturated carbocycles. The van der Waals surface area contributed by atoms with Gasteiger partial charge in [-0.25, -0.2) is 27.6 Å². The summed E-state index contributed by atoms with van der Waals surface area (Å²) < 4.78 is 48.2. The van der Waals surface area contributed by atoms with Crippen molar-refractivity contribution in [2.45, 2.75) is 13.0 Å². The number of rotatable bonds is 7. The Balaban J connectivity index is 1.73. The van der Waals surface area contributed by atoms with Gasteiger partial charge in [0.15, 0.2) is 11.6 Å². The summed E-state index contributed by atoms with van der Waals surface area (Å²) in [7, 11) is 1.47. The minimum Gasteiger partial charge on any atom is -0.383 e. The summed E-state index contributed by atoms with van der Waals surface area (Å²) >= 11 is 0. The third-order valence-corrected chi connectivity index (χ3v) is 5.51. The molecule has 2 N–H and O–H groups in total. The summed E-state index contributed by atoms with van der Waals surface area (Å²) in [5.74, 6) is -3.52. The number of nitrogens with zero attached hydrogens (tertiary/aromatic N) is 4. The molecule has 0 bridgehead atoms. The van der Waals surface area contributed by atoms with Crippen molar-refractivity contribution in [1.82, 2.24) is 25.0 Å². The first kappa shape index (κ1) is 24.0. The van der Waals surface area contributed by atoms with E-state index < -0.39 is 35.4 Å². The summed E-state index contributed by atoms with van der Waals surface area (Å²) in [6.07, 6.45) is 2.59. The van der Waals surface area contributed by atoms with E-state index in [4.69, 9.17) is 4.74 Å². The number of methoxy groups -OCH3 is 1. The molecule has 0 radical (unpaired) electrons. The molecule has 12 heteroatoms. The number of hydrogen-bond acceptors (Lipinski definition) is 5. The minimum atomic E-state index is -1.13. The molecule has 1 aliphatic rings. The average Bonchev–Trinajstić information content (AvgIpc) is 3.35. The Bertz CT molecular complexity index is 1300. The van der Waals surface area contributed by atoms with Crippen LogP contribution < -0.4 is 10.6 Å². The largest absolute Gasteiger partial charge is 0.383 e. The molecule has 0 spiro atoms. The van der Waals surface area contributed by atoms with Crippen LogP contribution in [0.15, 0.2) is 60.3 Å². The molecule has 35 heavy (non-hydrogen) atoms. The molecule has 0 fully saturated rings. The number of carbonyl (C=O) groups is 2. The van der Waals surface area contributed by atoms with Gasteiger partial charge in [0.05, 0.1) is 24.8 Å². The summed E-state index contributed by atoms with van der Waals surface area (Å²) in [5, 5.41) is 9.14. The average molecular weight is 486 g/mol. The van der Waals surface area contributed by atoms with E-state index in [-0.39, 0.29) is 30.1 Å². The van der Waals surface area contributed by atoms with Crippen molar-refractivity contribution < 1.29 is 27.5 Å². The van der Waals surface area contributed by atoms with Crippen molar-refractivity contribution in [3.63, 3.8) is 0 Å². The van der Waals surface area contributed by atoms with Gasteiger partial charge in [0.1, 0.15) is 24.2 Å². The molecule has 1 aromatic heterocycles. The van der Waals surface area contributed by atoms with Crippen LogP contribution in [0.25, 0.3) is 5.69 Å². The molecule has 0 aliphatic carbocycles. The normalized spacial score (nSPS) is 15.9. The molecule has 3 aromatic rings. The van der Waals surface area contributed by atoms with Crippen LogP contribution in [0.5, 0.6) is 0 Å². The van der Waals surface area contributed by atoms with Crippen LogP contribution in [0.3, 0.4) is 0 Å². The zero-order valence-corrected chi connectivity index (χ0v) is 18.8. The molecular formula is C23H21F3N6O3. The number of urea groups is 1. The Labute approximate surface area is 198 Å². The fraction of sp³-hybridized carbons (Fsp3) is 0.217. The van der Waals surface area contributed by atoms with Crippen LogP contribution in [0.4, 0.5) is 23.7 Å². The molecule has 182 valence electrons. The first-order chi connectivity index (χ1) is 16.8. The van der Waals surface area contributed by atoms with Crippen molar-refractivity contribution in [2.24, 2.45) is 0 Å². The van der Waals surface area contributed by atoms with Crippen LogP contribution in [0, 0.1) is 17.5 Å². The van der Waals surface area contributed by atoms with Gasteiger partial charge in [-0.05, 0) is 36.8 Å². The zero-order chi connectivity index (χ0) is 25.1. The van der Waals surface area contributed by atoms with Gasteiger partial charge >= 0.3 is 6.03 Å². The quantitative estimate of drug-likeness (QED) is 0.534. The monoisotopic (exact) mass is 486 g/mol.